The van der Waals surface area contributed by atoms with Gasteiger partial charge in [0.1, 0.15) is 5.03 Å². The highest BCUT2D eigenvalue weighted by Crippen LogP contribution is 2.31. The number of hydrogen-bond acceptors (Lipinski definition) is 5. The molecule has 4 rings (SSSR count). The number of aromatic nitrogens is 2. The molecule has 6 nitrogen and oxygen atoms in total. The lowest BCUT2D eigenvalue weighted by Crippen LogP contribution is -2.29. The van der Waals surface area contributed by atoms with E-state index in [9.17, 15) is 9.90 Å². The van der Waals surface area contributed by atoms with Crippen molar-refractivity contribution in [2.24, 2.45) is 5.73 Å². The minimum Gasteiger partial charge on any atom is -0.393 e. The molecule has 7 heteroatoms. The lowest BCUT2D eigenvalue weighted by Gasteiger charge is -2.28. The summed E-state index contributed by atoms with van der Waals surface area (Å²) in [6.07, 6.45) is 6.83. The number of benzene rings is 1. The van der Waals surface area contributed by atoms with Crippen molar-refractivity contribution in [3.8, 4) is 5.69 Å². The quantitative estimate of drug-likeness (QED) is 0.576. The third-order valence-electron chi connectivity index (χ3n) is 5.16. The van der Waals surface area contributed by atoms with Gasteiger partial charge in [-0.15, -0.1) is 0 Å². The number of aliphatic hydroxyl groups excluding tert-OH is 1. The van der Waals surface area contributed by atoms with Crippen molar-refractivity contribution in [3.05, 3.63) is 66.5 Å². The number of hydrogen-bond donors (Lipinski definition) is 3. The Bertz CT molecular complexity index is 981. The Kier molecular flexibility index (Phi) is 5.87. The van der Waals surface area contributed by atoms with Gasteiger partial charge in [0.15, 0.2) is 0 Å². The van der Waals surface area contributed by atoms with Crippen molar-refractivity contribution in [1.29, 1.82) is 0 Å². The van der Waals surface area contributed by atoms with E-state index < -0.39 is 5.91 Å². The van der Waals surface area contributed by atoms with Crippen LogP contribution in [0.15, 0.2) is 71.0 Å². The van der Waals surface area contributed by atoms with Crippen molar-refractivity contribution in [2.75, 3.05) is 5.32 Å². The number of primary amides is 1. The molecular formula is C22H24N4O2S. The molecule has 1 amide bonds. The molecule has 1 aromatic carbocycles. The van der Waals surface area contributed by atoms with Crippen molar-refractivity contribution in [1.82, 2.24) is 9.55 Å². The molecule has 1 saturated carbocycles. The van der Waals surface area contributed by atoms with E-state index in [1.54, 1.807) is 24.0 Å². The van der Waals surface area contributed by atoms with Crippen LogP contribution in [0.1, 0.15) is 36.0 Å². The number of pyridine rings is 1. The van der Waals surface area contributed by atoms with Crippen LogP contribution in [0.25, 0.3) is 5.69 Å². The molecule has 3 aromatic rings. The minimum atomic E-state index is -0.453. The molecule has 0 unspecified atom stereocenters. The van der Waals surface area contributed by atoms with Crippen LogP contribution in [0.5, 0.6) is 0 Å². The van der Waals surface area contributed by atoms with E-state index in [0.29, 0.717) is 5.56 Å². The maximum Gasteiger partial charge on any atom is 0.250 e. The number of amides is 1. The zero-order valence-electron chi connectivity index (χ0n) is 16.0. The highest BCUT2D eigenvalue weighted by atomic mass is 32.2. The summed E-state index contributed by atoms with van der Waals surface area (Å²) in [5.74, 6) is -0.453. The standard InChI is InChI=1S/C22H24N4O2S/c23-22(28)18-11-8-16(14-19(18)25-15-6-9-17(27)10-7-15)26-13-3-5-21(26)29-20-4-1-2-12-24-20/h1-5,8,11-15,17,25,27H,6-7,9-10H2,(H2,23,28)/t15-,17-. The molecule has 1 fully saturated rings. The third-order valence-corrected chi connectivity index (χ3v) is 6.15. The molecule has 0 aliphatic heterocycles. The SMILES string of the molecule is NC(=O)c1ccc(-n2cccc2Sc2ccccn2)cc1N[C@H]1CC[C@H](O)CC1. The summed E-state index contributed by atoms with van der Waals surface area (Å²) in [6.45, 7) is 0. The maximum atomic E-state index is 11.9. The second kappa shape index (κ2) is 8.71. The van der Waals surface area contributed by atoms with Crippen LogP contribution in [0, 0.1) is 0 Å². The second-order valence-electron chi connectivity index (χ2n) is 7.23. The lowest BCUT2D eigenvalue weighted by atomic mass is 9.92. The third kappa shape index (κ3) is 4.63. The Morgan fingerprint density at radius 2 is 1.97 bits per heavy atom. The Morgan fingerprint density at radius 3 is 2.69 bits per heavy atom. The van der Waals surface area contributed by atoms with Gasteiger partial charge >= 0.3 is 0 Å². The van der Waals surface area contributed by atoms with Crippen LogP contribution in [-0.2, 0) is 0 Å². The molecule has 150 valence electrons. The number of carbonyl (C=O) groups excluding carboxylic acids is 1. The molecule has 2 heterocycles. The van der Waals surface area contributed by atoms with Crippen LogP contribution < -0.4 is 11.1 Å². The monoisotopic (exact) mass is 408 g/mol. The fraction of sp³-hybridized carbons (Fsp3) is 0.273. The van der Waals surface area contributed by atoms with Gasteiger partial charge in [-0.05, 0) is 68.1 Å². The van der Waals surface area contributed by atoms with Gasteiger partial charge in [-0.1, -0.05) is 17.8 Å². The average molecular weight is 409 g/mol. The number of nitrogens with two attached hydrogens (primary N) is 1. The van der Waals surface area contributed by atoms with Crippen LogP contribution in [0.2, 0.25) is 0 Å². The fourth-order valence-corrected chi connectivity index (χ4v) is 4.52. The molecule has 0 radical (unpaired) electrons. The zero-order valence-corrected chi connectivity index (χ0v) is 16.8. The first-order valence-electron chi connectivity index (χ1n) is 9.75. The topological polar surface area (TPSA) is 93.2 Å². The van der Waals surface area contributed by atoms with Crippen LogP contribution in [-0.4, -0.2) is 32.7 Å². The molecule has 0 saturated heterocycles. The predicted molar refractivity (Wildman–Crippen MR) is 115 cm³/mol. The predicted octanol–water partition coefficient (Wildman–Crippen LogP) is 3.84. The number of rotatable bonds is 6. The fourth-order valence-electron chi connectivity index (χ4n) is 3.63. The van der Waals surface area contributed by atoms with Gasteiger partial charge in [0, 0.05) is 29.8 Å². The number of aliphatic hydroxyl groups is 1. The molecule has 1 aliphatic carbocycles. The van der Waals surface area contributed by atoms with Crippen molar-refractivity contribution in [3.63, 3.8) is 0 Å². The Hall–Kier alpha value is -2.77. The highest BCUT2D eigenvalue weighted by molar-refractivity contribution is 7.99. The lowest BCUT2D eigenvalue weighted by molar-refractivity contribution is 0.100. The summed E-state index contributed by atoms with van der Waals surface area (Å²) >= 11 is 1.58. The van der Waals surface area contributed by atoms with E-state index in [0.717, 1.165) is 47.1 Å². The summed E-state index contributed by atoms with van der Waals surface area (Å²) < 4.78 is 2.07. The summed E-state index contributed by atoms with van der Waals surface area (Å²) in [5, 5.41) is 15.2. The van der Waals surface area contributed by atoms with Crippen LogP contribution >= 0.6 is 11.8 Å². The minimum absolute atomic E-state index is 0.221. The van der Waals surface area contributed by atoms with Crippen LogP contribution in [0.3, 0.4) is 0 Å². The summed E-state index contributed by atoms with van der Waals surface area (Å²) in [6, 6.07) is 15.7. The molecule has 2 aromatic heterocycles. The summed E-state index contributed by atoms with van der Waals surface area (Å²) in [4.78, 5) is 16.3. The largest absolute Gasteiger partial charge is 0.393 e. The summed E-state index contributed by atoms with van der Waals surface area (Å²) in [7, 11) is 0. The van der Waals surface area contributed by atoms with Gasteiger partial charge in [-0.2, -0.15) is 0 Å². The van der Waals surface area contributed by atoms with Gasteiger partial charge in [0.2, 0.25) is 0 Å². The van der Waals surface area contributed by atoms with E-state index in [1.807, 2.05) is 48.7 Å². The molecule has 4 N–H and O–H groups in total. The zero-order chi connectivity index (χ0) is 20.2. The van der Waals surface area contributed by atoms with Gasteiger partial charge in [0.25, 0.3) is 5.91 Å². The van der Waals surface area contributed by atoms with Gasteiger partial charge in [-0.3, -0.25) is 4.79 Å². The van der Waals surface area contributed by atoms with E-state index in [4.69, 9.17) is 5.73 Å². The van der Waals surface area contributed by atoms with Crippen molar-refractivity contribution >= 4 is 23.4 Å². The highest BCUT2D eigenvalue weighted by Gasteiger charge is 2.21. The molecule has 0 bridgehead atoms. The number of anilines is 1. The van der Waals surface area contributed by atoms with E-state index >= 15 is 0 Å². The number of carbonyl (C=O) groups is 1. The van der Waals surface area contributed by atoms with Gasteiger partial charge in [-0.25, -0.2) is 4.98 Å². The van der Waals surface area contributed by atoms with Crippen molar-refractivity contribution in [2.45, 2.75) is 47.9 Å². The Morgan fingerprint density at radius 1 is 1.14 bits per heavy atom. The van der Waals surface area contributed by atoms with E-state index in [2.05, 4.69) is 14.9 Å². The number of nitrogens with one attached hydrogen (secondary N) is 1. The van der Waals surface area contributed by atoms with Crippen molar-refractivity contribution < 1.29 is 9.90 Å². The normalized spacial score (nSPS) is 19.1. The first-order valence-corrected chi connectivity index (χ1v) is 10.6. The van der Waals surface area contributed by atoms with E-state index in [1.165, 1.54) is 0 Å². The molecule has 29 heavy (non-hydrogen) atoms. The van der Waals surface area contributed by atoms with Gasteiger partial charge in [0.05, 0.1) is 16.7 Å². The Balaban J connectivity index is 1.62. The molecule has 1 aliphatic rings. The smallest absolute Gasteiger partial charge is 0.250 e. The second-order valence-corrected chi connectivity index (χ2v) is 8.27. The molecule has 0 spiro atoms. The summed E-state index contributed by atoms with van der Waals surface area (Å²) in [5.41, 5.74) is 7.76. The van der Waals surface area contributed by atoms with Crippen LogP contribution in [0.4, 0.5) is 5.69 Å². The Labute approximate surface area is 174 Å². The maximum absolute atomic E-state index is 11.9. The average Bonchev–Trinajstić information content (AvgIpc) is 3.18. The molecular weight excluding hydrogens is 384 g/mol. The first kappa shape index (κ1) is 19.5. The first-order chi connectivity index (χ1) is 14.1. The molecule has 0 atom stereocenters. The van der Waals surface area contributed by atoms with Gasteiger partial charge < -0.3 is 20.7 Å². The number of nitrogens with zero attached hydrogens (tertiary/aromatic N) is 2. The van der Waals surface area contributed by atoms with E-state index in [-0.39, 0.29) is 12.1 Å².